The number of hydrazine groups is 1. The summed E-state index contributed by atoms with van der Waals surface area (Å²) in [5, 5.41) is 12.9. The molecule has 2 rings (SSSR count). The van der Waals surface area contributed by atoms with Gasteiger partial charge in [0.25, 0.3) is 0 Å². The highest BCUT2D eigenvalue weighted by atomic mass is 35.5. The molecule has 0 saturated heterocycles. The Balaban J connectivity index is 1.94. The molecule has 1 aromatic carbocycles. The summed E-state index contributed by atoms with van der Waals surface area (Å²) in [4.78, 5) is 0. The summed E-state index contributed by atoms with van der Waals surface area (Å²) in [5.41, 5.74) is 1.15. The van der Waals surface area contributed by atoms with Crippen molar-refractivity contribution in [3.63, 3.8) is 0 Å². The third-order valence-corrected chi connectivity index (χ3v) is 2.99. The van der Waals surface area contributed by atoms with Crippen LogP contribution in [0.25, 0.3) is 0 Å². The van der Waals surface area contributed by atoms with Gasteiger partial charge in [0.2, 0.25) is 0 Å². The molecule has 0 fully saturated rings. The van der Waals surface area contributed by atoms with Gasteiger partial charge in [0, 0.05) is 18.6 Å². The molecule has 0 amide bonds. The summed E-state index contributed by atoms with van der Waals surface area (Å²) in [5.74, 6) is 0. The lowest BCUT2D eigenvalue weighted by Crippen LogP contribution is -2.40. The van der Waals surface area contributed by atoms with Gasteiger partial charge in [0.05, 0.1) is 13.1 Å². The largest absolute Gasteiger partial charge is 0.209 e. The van der Waals surface area contributed by atoms with Gasteiger partial charge in [-0.15, -0.1) is 0 Å². The van der Waals surface area contributed by atoms with Gasteiger partial charge < -0.3 is 0 Å². The highest BCUT2D eigenvalue weighted by Gasteiger charge is 2.12. The van der Waals surface area contributed by atoms with Crippen molar-refractivity contribution in [2.45, 2.75) is 6.42 Å². The fourth-order valence-electron chi connectivity index (χ4n) is 1.63. The Morgan fingerprint density at radius 2 is 2.19 bits per heavy atom. The number of nitrogens with zero attached hydrogens (tertiary/aromatic N) is 4. The number of likely N-dealkylation sites (N-methyl/N-ethyl adjacent to an activating group) is 1. The SMILES string of the molecule is CN1CCN=NN1CCc1ccccc1Cl. The van der Waals surface area contributed by atoms with Crippen LogP contribution in [-0.4, -0.2) is 36.8 Å². The Morgan fingerprint density at radius 3 is 2.94 bits per heavy atom. The first kappa shape index (κ1) is 11.4. The average molecular weight is 239 g/mol. The van der Waals surface area contributed by atoms with Crippen LogP contribution in [-0.2, 0) is 6.42 Å². The van der Waals surface area contributed by atoms with E-state index in [1.54, 1.807) is 0 Å². The molecular formula is C11H15ClN4. The summed E-state index contributed by atoms with van der Waals surface area (Å²) in [6.45, 7) is 2.51. The average Bonchev–Trinajstić information content (AvgIpc) is 2.30. The lowest BCUT2D eigenvalue weighted by atomic mass is 10.1. The molecule has 0 N–H and O–H groups in total. The van der Waals surface area contributed by atoms with E-state index in [2.05, 4.69) is 15.3 Å². The van der Waals surface area contributed by atoms with Crippen molar-refractivity contribution in [3.8, 4) is 0 Å². The van der Waals surface area contributed by atoms with Gasteiger partial charge in [-0.1, -0.05) is 35.0 Å². The third-order valence-electron chi connectivity index (χ3n) is 2.62. The summed E-state index contributed by atoms with van der Waals surface area (Å²) < 4.78 is 0. The molecule has 0 spiro atoms. The van der Waals surface area contributed by atoms with Crippen LogP contribution in [0.1, 0.15) is 5.56 Å². The van der Waals surface area contributed by atoms with Crippen LogP contribution in [0.5, 0.6) is 0 Å². The summed E-state index contributed by atoms with van der Waals surface area (Å²) in [7, 11) is 2.02. The fraction of sp³-hybridized carbons (Fsp3) is 0.455. The Hall–Kier alpha value is -1.13. The van der Waals surface area contributed by atoms with Gasteiger partial charge in [0.1, 0.15) is 0 Å². The quantitative estimate of drug-likeness (QED) is 0.810. The highest BCUT2D eigenvalue weighted by Crippen LogP contribution is 2.16. The Kier molecular flexibility index (Phi) is 3.74. The Labute approximate surface area is 100 Å². The Morgan fingerprint density at radius 1 is 1.38 bits per heavy atom. The van der Waals surface area contributed by atoms with E-state index in [1.165, 1.54) is 0 Å². The predicted molar refractivity (Wildman–Crippen MR) is 64.2 cm³/mol. The van der Waals surface area contributed by atoms with E-state index in [9.17, 15) is 0 Å². The van der Waals surface area contributed by atoms with Gasteiger partial charge in [-0.3, -0.25) is 0 Å². The smallest absolute Gasteiger partial charge is 0.0767 e. The van der Waals surface area contributed by atoms with E-state index in [0.717, 1.165) is 36.6 Å². The molecule has 0 saturated carbocycles. The van der Waals surface area contributed by atoms with E-state index in [-0.39, 0.29) is 0 Å². The van der Waals surface area contributed by atoms with Crippen molar-refractivity contribution in [2.24, 2.45) is 10.3 Å². The highest BCUT2D eigenvalue weighted by molar-refractivity contribution is 6.31. The van der Waals surface area contributed by atoms with Gasteiger partial charge in [-0.25, -0.2) is 10.1 Å². The van der Waals surface area contributed by atoms with Crippen molar-refractivity contribution >= 4 is 11.6 Å². The molecular weight excluding hydrogens is 224 g/mol. The standard InChI is InChI=1S/C11H15ClN4/c1-15-9-7-13-14-16(15)8-6-10-4-2-3-5-11(10)12/h2-5H,6-9H2,1H3. The van der Waals surface area contributed by atoms with Gasteiger partial charge in [-0.2, -0.15) is 5.11 Å². The monoisotopic (exact) mass is 238 g/mol. The molecule has 1 aliphatic heterocycles. The number of benzene rings is 1. The topological polar surface area (TPSA) is 31.2 Å². The lowest BCUT2D eigenvalue weighted by molar-refractivity contribution is -0.0205. The maximum atomic E-state index is 6.09. The van der Waals surface area contributed by atoms with Crippen molar-refractivity contribution in [1.82, 2.24) is 10.1 Å². The minimum absolute atomic E-state index is 0.777. The van der Waals surface area contributed by atoms with Crippen molar-refractivity contribution < 1.29 is 0 Å². The molecule has 16 heavy (non-hydrogen) atoms. The Bertz CT molecular complexity index is 380. The van der Waals surface area contributed by atoms with Gasteiger partial charge in [0.15, 0.2) is 0 Å². The number of rotatable bonds is 3. The molecule has 4 nitrogen and oxygen atoms in total. The fourth-order valence-corrected chi connectivity index (χ4v) is 1.86. The predicted octanol–water partition coefficient (Wildman–Crippen LogP) is 2.41. The van der Waals surface area contributed by atoms with Crippen LogP contribution in [0.3, 0.4) is 0 Å². The zero-order valence-electron chi connectivity index (χ0n) is 9.30. The molecule has 1 heterocycles. The van der Waals surface area contributed by atoms with E-state index in [0.29, 0.717) is 0 Å². The first-order chi connectivity index (χ1) is 7.77. The normalized spacial score (nSPS) is 16.8. The molecule has 0 atom stereocenters. The maximum absolute atomic E-state index is 6.09. The van der Waals surface area contributed by atoms with E-state index in [1.807, 2.05) is 36.4 Å². The molecule has 0 aromatic heterocycles. The third kappa shape index (κ3) is 2.71. The number of halogens is 1. The van der Waals surface area contributed by atoms with Gasteiger partial charge in [-0.05, 0) is 18.1 Å². The second-order valence-corrected chi connectivity index (χ2v) is 4.18. The van der Waals surface area contributed by atoms with E-state index in [4.69, 9.17) is 11.6 Å². The number of hydrogen-bond acceptors (Lipinski definition) is 4. The molecule has 0 radical (unpaired) electrons. The minimum atomic E-state index is 0.777. The number of hydrogen-bond donors (Lipinski definition) is 0. The summed E-state index contributed by atoms with van der Waals surface area (Å²) >= 11 is 6.09. The molecule has 1 aromatic rings. The molecule has 1 aliphatic rings. The zero-order chi connectivity index (χ0) is 11.4. The molecule has 0 unspecified atom stereocenters. The van der Waals surface area contributed by atoms with E-state index >= 15 is 0 Å². The van der Waals surface area contributed by atoms with Crippen LogP contribution < -0.4 is 0 Å². The second kappa shape index (κ2) is 5.27. The van der Waals surface area contributed by atoms with Crippen LogP contribution in [0, 0.1) is 0 Å². The molecule has 0 aliphatic carbocycles. The molecule has 5 heteroatoms. The summed E-state index contributed by atoms with van der Waals surface area (Å²) in [6.07, 6.45) is 0.878. The van der Waals surface area contributed by atoms with Crippen molar-refractivity contribution in [2.75, 3.05) is 26.7 Å². The lowest BCUT2D eigenvalue weighted by Gasteiger charge is -2.30. The van der Waals surface area contributed by atoms with Crippen LogP contribution >= 0.6 is 11.6 Å². The molecule has 0 bridgehead atoms. The summed E-state index contributed by atoms with van der Waals surface area (Å²) in [6, 6.07) is 7.91. The van der Waals surface area contributed by atoms with Crippen LogP contribution in [0.4, 0.5) is 0 Å². The van der Waals surface area contributed by atoms with Crippen molar-refractivity contribution in [3.05, 3.63) is 34.9 Å². The van der Waals surface area contributed by atoms with E-state index < -0.39 is 0 Å². The maximum Gasteiger partial charge on any atom is 0.0767 e. The van der Waals surface area contributed by atoms with Crippen LogP contribution in [0.2, 0.25) is 5.02 Å². The molecule has 86 valence electrons. The van der Waals surface area contributed by atoms with Crippen molar-refractivity contribution in [1.29, 1.82) is 0 Å². The second-order valence-electron chi connectivity index (χ2n) is 3.77. The van der Waals surface area contributed by atoms with Crippen LogP contribution in [0.15, 0.2) is 34.6 Å². The minimum Gasteiger partial charge on any atom is -0.209 e. The van der Waals surface area contributed by atoms with Gasteiger partial charge >= 0.3 is 0 Å². The first-order valence-corrected chi connectivity index (χ1v) is 5.74. The first-order valence-electron chi connectivity index (χ1n) is 5.37. The zero-order valence-corrected chi connectivity index (χ0v) is 10.1.